The number of methoxy groups -OCH3 is 2. The van der Waals surface area contributed by atoms with Crippen molar-refractivity contribution in [1.82, 2.24) is 0 Å². The second-order valence-corrected chi connectivity index (χ2v) is 12.2. The summed E-state index contributed by atoms with van der Waals surface area (Å²) < 4.78 is 43.9. The van der Waals surface area contributed by atoms with Crippen LogP contribution in [0.4, 0.5) is 0 Å². The topological polar surface area (TPSA) is 295 Å². The van der Waals surface area contributed by atoms with Crippen LogP contribution in [0.2, 0.25) is 0 Å². The number of aliphatic hydroxyl groups is 10. The SMILES string of the molecule is COC(CO)[C@H](O)COCC(O)C(O)C(O)COC(C)(C)P(=O)(O)O[C@H](COCC(O)C(O)C(O)CO)C(CO)OC. The lowest BCUT2D eigenvalue weighted by Crippen LogP contribution is -2.45. The van der Waals surface area contributed by atoms with E-state index in [2.05, 4.69) is 0 Å². The first-order valence-corrected chi connectivity index (χ1v) is 14.6. The highest BCUT2D eigenvalue weighted by molar-refractivity contribution is 7.54. The average molecular weight is 645 g/mol. The normalized spacial score (nSPS) is 21.4. The molecule has 0 aliphatic carbocycles. The molecule has 0 aliphatic heterocycles. The maximum absolute atomic E-state index is 13.1. The summed E-state index contributed by atoms with van der Waals surface area (Å²) in [5, 5.41) is 94.8. The molecule has 0 aliphatic rings. The molecule has 254 valence electrons. The van der Waals surface area contributed by atoms with Crippen LogP contribution in [0.3, 0.4) is 0 Å². The van der Waals surface area contributed by atoms with Gasteiger partial charge in [0, 0.05) is 14.2 Å². The van der Waals surface area contributed by atoms with E-state index in [9.17, 15) is 50.3 Å². The molecule has 11 atom stereocenters. The highest BCUT2D eigenvalue weighted by atomic mass is 31.2. The number of ether oxygens (including phenoxy) is 5. The van der Waals surface area contributed by atoms with Crippen LogP contribution in [-0.2, 0) is 32.8 Å². The minimum atomic E-state index is -4.81. The molecule has 11 N–H and O–H groups in total. The zero-order chi connectivity index (χ0) is 32.7. The molecule has 0 saturated carbocycles. The zero-order valence-corrected chi connectivity index (χ0v) is 25.0. The van der Waals surface area contributed by atoms with Gasteiger partial charge < -0.3 is 79.6 Å². The fraction of sp³-hybridized carbons (Fsp3) is 1.00. The van der Waals surface area contributed by atoms with E-state index < -0.39 is 120 Å². The molecule has 0 spiro atoms. The Kier molecular flexibility index (Phi) is 20.3. The molecule has 0 aromatic heterocycles. The molecule has 0 heterocycles. The van der Waals surface area contributed by atoms with Crippen molar-refractivity contribution in [1.29, 1.82) is 0 Å². The van der Waals surface area contributed by atoms with Crippen molar-refractivity contribution in [3.05, 3.63) is 0 Å². The van der Waals surface area contributed by atoms with Crippen LogP contribution < -0.4 is 0 Å². The van der Waals surface area contributed by atoms with Crippen LogP contribution >= 0.6 is 7.60 Å². The summed E-state index contributed by atoms with van der Waals surface area (Å²) in [6.45, 7) is -2.53. The van der Waals surface area contributed by atoms with E-state index in [1.54, 1.807) is 0 Å². The van der Waals surface area contributed by atoms with E-state index >= 15 is 0 Å². The standard InChI is InChI=1S/C23H49O18P/c1-23(2,40-11-17(31)22(33)16(30)9-38-8-14(28)18(6-25)36-3)42(34,35)41-20(19(7-26)37-4)12-39-10-15(29)21(32)13(27)5-24/h13-22,24-33H,5-12H2,1-4H3,(H,34,35)/t13?,14-,15?,16?,17?,18?,19?,20-,21?,22?/m1/s1. The van der Waals surface area contributed by atoms with Gasteiger partial charge in [0.1, 0.15) is 61.0 Å². The molecular weight excluding hydrogens is 595 g/mol. The fourth-order valence-electron chi connectivity index (χ4n) is 3.22. The predicted molar refractivity (Wildman–Crippen MR) is 141 cm³/mol. The van der Waals surface area contributed by atoms with Gasteiger partial charge in [0.15, 0.2) is 5.34 Å². The highest BCUT2D eigenvalue weighted by Crippen LogP contribution is 2.57. The largest absolute Gasteiger partial charge is 0.394 e. The highest BCUT2D eigenvalue weighted by Gasteiger charge is 2.46. The maximum atomic E-state index is 13.1. The molecule has 0 aromatic carbocycles. The summed E-state index contributed by atoms with van der Waals surface area (Å²) in [6.07, 6.45) is -15.1. The molecule has 0 rings (SSSR count). The third kappa shape index (κ3) is 13.7. The molecule has 0 radical (unpaired) electrons. The summed E-state index contributed by atoms with van der Waals surface area (Å²) >= 11 is 0. The minimum Gasteiger partial charge on any atom is -0.394 e. The van der Waals surface area contributed by atoms with E-state index in [1.165, 1.54) is 14.2 Å². The zero-order valence-electron chi connectivity index (χ0n) is 24.2. The summed E-state index contributed by atoms with van der Waals surface area (Å²) in [4.78, 5) is 10.7. The van der Waals surface area contributed by atoms with Gasteiger partial charge in [0.2, 0.25) is 0 Å². The van der Waals surface area contributed by atoms with E-state index in [-0.39, 0.29) is 6.61 Å². The monoisotopic (exact) mass is 644 g/mol. The number of hydrogen-bond acceptors (Lipinski definition) is 17. The van der Waals surface area contributed by atoms with E-state index in [0.29, 0.717) is 0 Å². The van der Waals surface area contributed by atoms with Crippen LogP contribution in [0.5, 0.6) is 0 Å². The van der Waals surface area contributed by atoms with Crippen molar-refractivity contribution in [3.63, 3.8) is 0 Å². The molecule has 42 heavy (non-hydrogen) atoms. The lowest BCUT2D eigenvalue weighted by Gasteiger charge is -2.35. The summed E-state index contributed by atoms with van der Waals surface area (Å²) in [7, 11) is -2.37. The number of aliphatic hydroxyl groups excluding tert-OH is 10. The Morgan fingerprint density at radius 1 is 0.595 bits per heavy atom. The van der Waals surface area contributed by atoms with Gasteiger partial charge in [-0.2, -0.15) is 0 Å². The third-order valence-electron chi connectivity index (χ3n) is 6.29. The Morgan fingerprint density at radius 3 is 1.48 bits per heavy atom. The molecule has 19 heteroatoms. The first-order chi connectivity index (χ1) is 19.5. The maximum Gasteiger partial charge on any atom is 0.359 e. The summed E-state index contributed by atoms with van der Waals surface area (Å²) in [5.74, 6) is 0. The van der Waals surface area contributed by atoms with Gasteiger partial charge in [-0.15, -0.1) is 0 Å². The molecule has 18 nitrogen and oxygen atoms in total. The van der Waals surface area contributed by atoms with Crippen molar-refractivity contribution in [3.8, 4) is 0 Å². The Bertz CT molecular complexity index is 738. The molecule has 0 aromatic rings. The van der Waals surface area contributed by atoms with Gasteiger partial charge in [0.25, 0.3) is 0 Å². The fourth-order valence-corrected chi connectivity index (χ4v) is 4.28. The van der Waals surface area contributed by atoms with Crippen molar-refractivity contribution in [2.45, 2.75) is 80.2 Å². The van der Waals surface area contributed by atoms with Gasteiger partial charge in [0.05, 0.1) is 52.9 Å². The molecule has 0 amide bonds. The van der Waals surface area contributed by atoms with Gasteiger partial charge in [-0.25, -0.2) is 0 Å². The summed E-state index contributed by atoms with van der Waals surface area (Å²) in [5.41, 5.74) is 0. The summed E-state index contributed by atoms with van der Waals surface area (Å²) in [6, 6.07) is 0. The first-order valence-electron chi connectivity index (χ1n) is 13.0. The molecular formula is C23H49O18P. The Morgan fingerprint density at radius 2 is 1.02 bits per heavy atom. The number of hydrogen-bond donors (Lipinski definition) is 11. The predicted octanol–water partition coefficient (Wildman–Crippen LogP) is -5.12. The second kappa shape index (κ2) is 20.6. The lowest BCUT2D eigenvalue weighted by molar-refractivity contribution is -0.133. The molecule has 0 bridgehead atoms. The van der Waals surface area contributed by atoms with Crippen molar-refractivity contribution >= 4 is 7.60 Å². The van der Waals surface area contributed by atoms with Crippen molar-refractivity contribution in [2.24, 2.45) is 0 Å². The van der Waals surface area contributed by atoms with Crippen molar-refractivity contribution < 1.29 is 88.7 Å². The smallest absolute Gasteiger partial charge is 0.359 e. The van der Waals surface area contributed by atoms with Crippen molar-refractivity contribution in [2.75, 3.05) is 67.1 Å². The Labute approximate surface area is 244 Å². The van der Waals surface area contributed by atoms with Gasteiger partial charge in [-0.3, -0.25) is 9.09 Å². The Balaban J connectivity index is 5.12. The van der Waals surface area contributed by atoms with Gasteiger partial charge in [-0.05, 0) is 13.8 Å². The quantitative estimate of drug-likeness (QED) is 0.0414. The molecule has 0 saturated heterocycles. The molecule has 9 unspecified atom stereocenters. The first kappa shape index (κ1) is 41.5. The van der Waals surface area contributed by atoms with Gasteiger partial charge >= 0.3 is 7.60 Å². The van der Waals surface area contributed by atoms with Crippen LogP contribution in [0.1, 0.15) is 13.8 Å². The lowest BCUT2D eigenvalue weighted by atomic mass is 10.1. The van der Waals surface area contributed by atoms with Crippen LogP contribution in [0.25, 0.3) is 0 Å². The van der Waals surface area contributed by atoms with Crippen LogP contribution in [0, 0.1) is 0 Å². The minimum absolute atomic E-state index is 0.362. The van der Waals surface area contributed by atoms with E-state index in [4.69, 9.17) is 38.4 Å². The van der Waals surface area contributed by atoms with Crippen LogP contribution in [-0.4, -0.2) is 189 Å². The van der Waals surface area contributed by atoms with E-state index in [1.807, 2.05) is 0 Å². The second-order valence-electron chi connectivity index (χ2n) is 9.91. The Hall–Kier alpha value is -0.450. The average Bonchev–Trinajstić information content (AvgIpc) is 2.95. The van der Waals surface area contributed by atoms with E-state index in [0.717, 1.165) is 13.8 Å². The van der Waals surface area contributed by atoms with Gasteiger partial charge in [-0.1, -0.05) is 0 Å². The molecule has 0 fully saturated rings. The number of rotatable bonds is 25. The third-order valence-corrected chi connectivity index (χ3v) is 8.33. The van der Waals surface area contributed by atoms with Crippen LogP contribution in [0.15, 0.2) is 0 Å².